The maximum absolute atomic E-state index is 12.0. The summed E-state index contributed by atoms with van der Waals surface area (Å²) >= 11 is 0. The number of hydrogen-bond acceptors (Lipinski definition) is 3. The molecule has 0 spiro atoms. The quantitative estimate of drug-likeness (QED) is 0.809. The van der Waals surface area contributed by atoms with Crippen LogP contribution in [0.3, 0.4) is 0 Å². The number of hydrogen-bond donors (Lipinski definition) is 2. The standard InChI is InChI=1S/C14H24N2O2S.ClH/c1-11(2)9-13-5-7-14(8-6-13)19(17,18)16-10-12(3)15-4;/h5-8,11-12,15-16H,9-10H2,1-4H3;1H. The molecular formula is C14H25ClN2O2S. The highest BCUT2D eigenvalue weighted by Gasteiger charge is 2.14. The lowest BCUT2D eigenvalue weighted by molar-refractivity contribution is 0.554. The van der Waals surface area contributed by atoms with E-state index < -0.39 is 10.0 Å². The lowest BCUT2D eigenvalue weighted by Gasteiger charge is -2.12. The fraction of sp³-hybridized carbons (Fsp3) is 0.571. The fourth-order valence-electron chi connectivity index (χ4n) is 1.70. The molecule has 0 aliphatic carbocycles. The molecule has 0 saturated heterocycles. The van der Waals surface area contributed by atoms with Gasteiger partial charge in [-0.15, -0.1) is 12.4 Å². The molecule has 0 aromatic heterocycles. The van der Waals surface area contributed by atoms with Gasteiger partial charge in [-0.2, -0.15) is 0 Å². The summed E-state index contributed by atoms with van der Waals surface area (Å²) in [5, 5.41) is 2.99. The first-order chi connectivity index (χ1) is 8.85. The second kappa shape index (κ2) is 8.62. The Morgan fingerprint density at radius 3 is 2.10 bits per heavy atom. The Labute approximate surface area is 128 Å². The van der Waals surface area contributed by atoms with Gasteiger partial charge in [0.15, 0.2) is 0 Å². The van der Waals surface area contributed by atoms with E-state index in [1.165, 1.54) is 0 Å². The van der Waals surface area contributed by atoms with Crippen LogP contribution in [0.25, 0.3) is 0 Å². The molecule has 116 valence electrons. The second-order valence-electron chi connectivity index (χ2n) is 5.28. The molecule has 20 heavy (non-hydrogen) atoms. The maximum atomic E-state index is 12.0. The molecule has 2 N–H and O–H groups in total. The van der Waals surface area contributed by atoms with Crippen LogP contribution in [0.2, 0.25) is 0 Å². The number of likely N-dealkylation sites (N-methyl/N-ethyl adjacent to an activating group) is 1. The topological polar surface area (TPSA) is 58.2 Å². The Kier molecular flexibility index (Phi) is 8.35. The van der Waals surface area contributed by atoms with Crippen LogP contribution in [0.1, 0.15) is 26.3 Å². The van der Waals surface area contributed by atoms with Crippen molar-refractivity contribution in [3.8, 4) is 0 Å². The Balaban J connectivity index is 0.00000361. The highest BCUT2D eigenvalue weighted by atomic mass is 35.5. The molecular weight excluding hydrogens is 296 g/mol. The number of halogens is 1. The highest BCUT2D eigenvalue weighted by Crippen LogP contribution is 2.13. The van der Waals surface area contributed by atoms with Gasteiger partial charge in [0.25, 0.3) is 0 Å². The molecule has 1 atom stereocenters. The van der Waals surface area contributed by atoms with Crippen LogP contribution in [0, 0.1) is 5.92 Å². The minimum absolute atomic E-state index is 0. The molecule has 1 aromatic carbocycles. The summed E-state index contributed by atoms with van der Waals surface area (Å²) in [6.07, 6.45) is 0.963. The van der Waals surface area contributed by atoms with Crippen molar-refractivity contribution in [2.75, 3.05) is 13.6 Å². The Morgan fingerprint density at radius 2 is 1.65 bits per heavy atom. The van der Waals surface area contributed by atoms with Crippen molar-refractivity contribution in [2.45, 2.75) is 38.1 Å². The molecule has 0 saturated carbocycles. The zero-order chi connectivity index (χ0) is 14.5. The van der Waals surface area contributed by atoms with Crippen LogP contribution in [-0.2, 0) is 16.4 Å². The summed E-state index contributed by atoms with van der Waals surface area (Å²) in [5.74, 6) is 0.567. The average Bonchev–Trinajstić information content (AvgIpc) is 2.36. The third-order valence-electron chi connectivity index (χ3n) is 2.95. The van der Waals surface area contributed by atoms with Crippen LogP contribution in [0.5, 0.6) is 0 Å². The smallest absolute Gasteiger partial charge is 0.240 e. The number of sulfonamides is 1. The normalized spacial score (nSPS) is 13.1. The van der Waals surface area contributed by atoms with Crippen molar-refractivity contribution in [3.63, 3.8) is 0 Å². The van der Waals surface area contributed by atoms with Gasteiger partial charge >= 0.3 is 0 Å². The van der Waals surface area contributed by atoms with E-state index in [0.717, 1.165) is 12.0 Å². The fourth-order valence-corrected chi connectivity index (χ4v) is 2.83. The van der Waals surface area contributed by atoms with Crippen LogP contribution in [-0.4, -0.2) is 28.1 Å². The minimum Gasteiger partial charge on any atom is -0.316 e. The monoisotopic (exact) mass is 320 g/mol. The minimum atomic E-state index is -3.40. The van der Waals surface area contributed by atoms with Crippen LogP contribution in [0.15, 0.2) is 29.2 Å². The van der Waals surface area contributed by atoms with E-state index in [4.69, 9.17) is 0 Å². The van der Waals surface area contributed by atoms with E-state index in [1.807, 2.05) is 19.1 Å². The van der Waals surface area contributed by atoms with Crippen LogP contribution in [0.4, 0.5) is 0 Å². The molecule has 0 radical (unpaired) electrons. The van der Waals surface area contributed by atoms with Crippen molar-refractivity contribution in [3.05, 3.63) is 29.8 Å². The zero-order valence-corrected chi connectivity index (χ0v) is 14.1. The van der Waals surface area contributed by atoms with Gasteiger partial charge < -0.3 is 5.32 Å². The number of benzene rings is 1. The summed E-state index contributed by atoms with van der Waals surface area (Å²) in [4.78, 5) is 0.323. The first-order valence-electron chi connectivity index (χ1n) is 6.61. The molecule has 0 heterocycles. The predicted octanol–water partition coefficient (Wildman–Crippen LogP) is 2.19. The van der Waals surface area contributed by atoms with Gasteiger partial charge in [0, 0.05) is 12.6 Å². The van der Waals surface area contributed by atoms with Gasteiger partial charge in [0.2, 0.25) is 10.0 Å². The van der Waals surface area contributed by atoms with E-state index in [0.29, 0.717) is 17.4 Å². The molecule has 1 unspecified atom stereocenters. The molecule has 0 fully saturated rings. The van der Waals surface area contributed by atoms with E-state index in [9.17, 15) is 8.42 Å². The first kappa shape index (κ1) is 19.4. The van der Waals surface area contributed by atoms with Crippen molar-refractivity contribution in [1.82, 2.24) is 10.0 Å². The third-order valence-corrected chi connectivity index (χ3v) is 4.39. The Morgan fingerprint density at radius 1 is 1.10 bits per heavy atom. The second-order valence-corrected chi connectivity index (χ2v) is 7.05. The van der Waals surface area contributed by atoms with Gasteiger partial charge in [-0.25, -0.2) is 13.1 Å². The lowest BCUT2D eigenvalue weighted by atomic mass is 10.0. The Hall–Kier alpha value is -0.620. The van der Waals surface area contributed by atoms with Crippen LogP contribution >= 0.6 is 12.4 Å². The summed E-state index contributed by atoms with van der Waals surface area (Å²) in [6, 6.07) is 7.22. The van der Waals surface area contributed by atoms with Gasteiger partial charge in [-0.3, -0.25) is 0 Å². The first-order valence-corrected chi connectivity index (χ1v) is 8.09. The summed E-state index contributed by atoms with van der Waals surface area (Å²) in [6.45, 7) is 6.59. The van der Waals surface area contributed by atoms with E-state index >= 15 is 0 Å². The highest BCUT2D eigenvalue weighted by molar-refractivity contribution is 7.89. The summed E-state index contributed by atoms with van der Waals surface area (Å²) in [5.41, 5.74) is 1.16. The molecule has 6 heteroatoms. The average molecular weight is 321 g/mol. The third kappa shape index (κ3) is 6.22. The SMILES string of the molecule is CNC(C)CNS(=O)(=O)c1ccc(CC(C)C)cc1.Cl. The summed E-state index contributed by atoms with van der Waals surface area (Å²) in [7, 11) is -1.60. The van der Waals surface area contributed by atoms with Gasteiger partial charge in [0.1, 0.15) is 0 Å². The number of rotatable bonds is 7. The molecule has 1 rings (SSSR count). The van der Waals surface area contributed by atoms with E-state index in [1.54, 1.807) is 19.2 Å². The number of nitrogens with one attached hydrogen (secondary N) is 2. The zero-order valence-electron chi connectivity index (χ0n) is 12.5. The van der Waals surface area contributed by atoms with Gasteiger partial charge in [-0.1, -0.05) is 26.0 Å². The largest absolute Gasteiger partial charge is 0.316 e. The van der Waals surface area contributed by atoms with Crippen molar-refractivity contribution in [2.24, 2.45) is 5.92 Å². The van der Waals surface area contributed by atoms with Crippen molar-refractivity contribution in [1.29, 1.82) is 0 Å². The molecule has 1 aromatic rings. The molecule has 0 amide bonds. The Bertz CT molecular complexity index is 486. The predicted molar refractivity (Wildman–Crippen MR) is 85.9 cm³/mol. The molecule has 0 bridgehead atoms. The summed E-state index contributed by atoms with van der Waals surface area (Å²) < 4.78 is 26.7. The van der Waals surface area contributed by atoms with Crippen molar-refractivity contribution < 1.29 is 8.42 Å². The van der Waals surface area contributed by atoms with E-state index in [2.05, 4.69) is 23.9 Å². The molecule has 4 nitrogen and oxygen atoms in total. The van der Waals surface area contributed by atoms with Gasteiger partial charge in [-0.05, 0) is 44.0 Å². The molecule has 0 aliphatic rings. The molecule has 0 aliphatic heterocycles. The van der Waals surface area contributed by atoms with Crippen molar-refractivity contribution >= 4 is 22.4 Å². The lowest BCUT2D eigenvalue weighted by Crippen LogP contribution is -2.37. The van der Waals surface area contributed by atoms with Gasteiger partial charge in [0.05, 0.1) is 4.90 Å². The maximum Gasteiger partial charge on any atom is 0.240 e. The van der Waals surface area contributed by atoms with Crippen LogP contribution < -0.4 is 10.0 Å². The van der Waals surface area contributed by atoms with E-state index in [-0.39, 0.29) is 18.4 Å².